The van der Waals surface area contributed by atoms with Gasteiger partial charge in [0.1, 0.15) is 0 Å². The van der Waals surface area contributed by atoms with Crippen LogP contribution in [0.4, 0.5) is 0 Å². The fourth-order valence-corrected chi connectivity index (χ4v) is 3.15. The lowest BCUT2D eigenvalue weighted by molar-refractivity contribution is 0.0601. The van der Waals surface area contributed by atoms with Crippen molar-refractivity contribution in [2.45, 2.75) is 44.0 Å². The Balaban J connectivity index is 2.15. The van der Waals surface area contributed by atoms with E-state index in [0.29, 0.717) is 5.56 Å². The third-order valence-corrected chi connectivity index (χ3v) is 4.05. The number of nitrogens with zero attached hydrogens (tertiary/aromatic N) is 2. The zero-order valence-electron chi connectivity index (χ0n) is 11.0. The van der Waals surface area contributed by atoms with Crippen LogP contribution >= 0.6 is 27.5 Å². The molecule has 0 spiro atoms. The molecule has 104 valence electrons. The van der Waals surface area contributed by atoms with E-state index in [9.17, 15) is 4.79 Å². The van der Waals surface area contributed by atoms with Gasteiger partial charge in [-0.15, -0.1) is 11.6 Å². The van der Waals surface area contributed by atoms with Crippen LogP contribution in [0.25, 0.3) is 0 Å². The van der Waals surface area contributed by atoms with Crippen molar-refractivity contribution >= 4 is 33.4 Å². The number of halogens is 2. The van der Waals surface area contributed by atoms with E-state index in [1.54, 1.807) is 12.4 Å². The van der Waals surface area contributed by atoms with Crippen LogP contribution in [0.3, 0.4) is 0 Å². The van der Waals surface area contributed by atoms with Crippen LogP contribution in [-0.4, -0.2) is 33.8 Å². The zero-order chi connectivity index (χ0) is 13.8. The fraction of sp³-hybridized carbons (Fsp3) is 0.571. The Labute approximate surface area is 127 Å². The zero-order valence-corrected chi connectivity index (χ0v) is 13.3. The Morgan fingerprint density at radius 3 is 3.05 bits per heavy atom. The number of pyridine rings is 1. The molecule has 1 aliphatic rings. The molecule has 1 saturated heterocycles. The predicted molar refractivity (Wildman–Crippen MR) is 80.5 cm³/mol. The van der Waals surface area contributed by atoms with Gasteiger partial charge in [0.2, 0.25) is 0 Å². The second-order valence-corrected chi connectivity index (χ2v) is 6.72. The molecular formula is C14H18BrClN2O. The maximum absolute atomic E-state index is 12.6. The standard InChI is InChI=1S/C14H18BrClN2O/c1-10(16)6-13-4-2-3-5-18(13)14(19)11-7-12(15)9-17-8-11/h7-10,13H,2-6H2,1H3. The van der Waals surface area contributed by atoms with E-state index in [1.165, 1.54) is 6.42 Å². The van der Waals surface area contributed by atoms with Gasteiger partial charge >= 0.3 is 0 Å². The first-order chi connectivity index (χ1) is 9.08. The first-order valence-electron chi connectivity index (χ1n) is 6.63. The number of carbonyl (C=O) groups is 1. The highest BCUT2D eigenvalue weighted by Crippen LogP contribution is 2.24. The molecule has 1 aliphatic heterocycles. The molecular weight excluding hydrogens is 328 g/mol. The molecule has 2 unspecified atom stereocenters. The van der Waals surface area contributed by atoms with Gasteiger partial charge in [-0.3, -0.25) is 9.78 Å². The number of likely N-dealkylation sites (tertiary alicyclic amines) is 1. The van der Waals surface area contributed by atoms with Gasteiger partial charge in [-0.05, 0) is 54.6 Å². The van der Waals surface area contributed by atoms with Crippen molar-refractivity contribution in [3.8, 4) is 0 Å². The summed E-state index contributed by atoms with van der Waals surface area (Å²) in [5.74, 6) is 0.0656. The lowest BCUT2D eigenvalue weighted by Crippen LogP contribution is -2.44. The Kier molecular flexibility index (Phi) is 5.22. The third-order valence-electron chi connectivity index (χ3n) is 3.44. The average Bonchev–Trinajstić information content (AvgIpc) is 2.38. The number of amides is 1. The molecule has 1 aromatic heterocycles. The molecule has 0 saturated carbocycles. The molecule has 2 atom stereocenters. The van der Waals surface area contributed by atoms with Crippen LogP contribution in [0.5, 0.6) is 0 Å². The lowest BCUT2D eigenvalue weighted by Gasteiger charge is -2.36. The summed E-state index contributed by atoms with van der Waals surface area (Å²) in [7, 11) is 0. The molecule has 1 aromatic rings. The highest BCUT2D eigenvalue weighted by molar-refractivity contribution is 9.10. The minimum Gasteiger partial charge on any atom is -0.336 e. The largest absolute Gasteiger partial charge is 0.336 e. The van der Waals surface area contributed by atoms with Crippen molar-refractivity contribution in [3.05, 3.63) is 28.5 Å². The summed E-state index contributed by atoms with van der Waals surface area (Å²) in [6.45, 7) is 2.80. The summed E-state index contributed by atoms with van der Waals surface area (Å²) in [5, 5.41) is 0.0963. The normalized spacial score (nSPS) is 21.2. The molecule has 0 N–H and O–H groups in total. The van der Waals surface area contributed by atoms with Gasteiger partial charge in [0.15, 0.2) is 0 Å². The van der Waals surface area contributed by atoms with Crippen molar-refractivity contribution in [1.29, 1.82) is 0 Å². The maximum Gasteiger partial charge on any atom is 0.255 e. The van der Waals surface area contributed by atoms with Gasteiger partial charge in [-0.25, -0.2) is 0 Å². The van der Waals surface area contributed by atoms with E-state index in [1.807, 2.05) is 17.9 Å². The fourth-order valence-electron chi connectivity index (χ4n) is 2.58. The monoisotopic (exact) mass is 344 g/mol. The van der Waals surface area contributed by atoms with Crippen LogP contribution in [0, 0.1) is 0 Å². The maximum atomic E-state index is 12.6. The molecule has 1 fully saturated rings. The minimum absolute atomic E-state index is 0.0656. The summed E-state index contributed by atoms with van der Waals surface area (Å²) >= 11 is 9.45. The Bertz CT molecular complexity index is 453. The molecule has 1 amide bonds. The Morgan fingerprint density at radius 2 is 2.37 bits per heavy atom. The van der Waals surface area contributed by atoms with Crippen LogP contribution in [0.2, 0.25) is 0 Å². The van der Waals surface area contributed by atoms with E-state index < -0.39 is 0 Å². The summed E-state index contributed by atoms with van der Waals surface area (Å²) in [5.41, 5.74) is 0.642. The lowest BCUT2D eigenvalue weighted by atomic mass is 9.97. The Morgan fingerprint density at radius 1 is 1.58 bits per heavy atom. The van der Waals surface area contributed by atoms with Crippen LogP contribution in [0.1, 0.15) is 43.0 Å². The molecule has 0 aromatic carbocycles. The molecule has 3 nitrogen and oxygen atoms in total. The van der Waals surface area contributed by atoms with Crippen molar-refractivity contribution in [2.75, 3.05) is 6.54 Å². The van der Waals surface area contributed by atoms with Crippen molar-refractivity contribution in [2.24, 2.45) is 0 Å². The van der Waals surface area contributed by atoms with E-state index in [0.717, 1.165) is 30.3 Å². The van der Waals surface area contributed by atoms with Crippen LogP contribution < -0.4 is 0 Å². The molecule has 0 bridgehead atoms. The van der Waals surface area contributed by atoms with Gasteiger partial charge in [0.05, 0.1) is 5.56 Å². The van der Waals surface area contributed by atoms with Crippen LogP contribution in [0.15, 0.2) is 22.9 Å². The number of alkyl halides is 1. The SMILES string of the molecule is CC(Cl)CC1CCCCN1C(=O)c1cncc(Br)c1. The number of hydrogen-bond donors (Lipinski definition) is 0. The van der Waals surface area contributed by atoms with Gasteiger partial charge in [-0.2, -0.15) is 0 Å². The topological polar surface area (TPSA) is 33.2 Å². The van der Waals surface area contributed by atoms with Gasteiger partial charge in [0.25, 0.3) is 5.91 Å². The molecule has 2 heterocycles. The number of aromatic nitrogens is 1. The predicted octanol–water partition coefficient (Wildman–Crippen LogP) is 3.86. The summed E-state index contributed by atoms with van der Waals surface area (Å²) in [6.07, 6.45) is 7.46. The summed E-state index contributed by atoms with van der Waals surface area (Å²) < 4.78 is 0.831. The summed E-state index contributed by atoms with van der Waals surface area (Å²) in [4.78, 5) is 18.6. The highest BCUT2D eigenvalue weighted by Gasteiger charge is 2.28. The molecule has 0 aliphatic carbocycles. The van der Waals surface area contributed by atoms with Gasteiger partial charge in [-0.1, -0.05) is 0 Å². The van der Waals surface area contributed by atoms with Crippen molar-refractivity contribution < 1.29 is 4.79 Å². The smallest absolute Gasteiger partial charge is 0.255 e. The Hall–Kier alpha value is -0.610. The van der Waals surface area contributed by atoms with Crippen LogP contribution in [-0.2, 0) is 0 Å². The molecule has 5 heteroatoms. The highest BCUT2D eigenvalue weighted by atomic mass is 79.9. The number of hydrogen-bond acceptors (Lipinski definition) is 2. The van der Waals surface area contributed by atoms with Crippen molar-refractivity contribution in [1.82, 2.24) is 9.88 Å². The second kappa shape index (κ2) is 6.71. The minimum atomic E-state index is 0.0656. The first-order valence-corrected chi connectivity index (χ1v) is 7.86. The van der Waals surface area contributed by atoms with Gasteiger partial charge in [0, 0.05) is 34.8 Å². The number of carbonyl (C=O) groups excluding carboxylic acids is 1. The van der Waals surface area contributed by atoms with Crippen molar-refractivity contribution in [3.63, 3.8) is 0 Å². The van der Waals surface area contributed by atoms with Gasteiger partial charge < -0.3 is 4.90 Å². The van der Waals surface area contributed by atoms with E-state index in [-0.39, 0.29) is 17.3 Å². The third kappa shape index (κ3) is 3.93. The number of rotatable bonds is 3. The average molecular weight is 346 g/mol. The molecule has 0 radical (unpaired) electrons. The first kappa shape index (κ1) is 14.8. The summed E-state index contributed by atoms with van der Waals surface area (Å²) in [6, 6.07) is 2.08. The molecule has 2 rings (SSSR count). The molecule has 19 heavy (non-hydrogen) atoms. The quantitative estimate of drug-likeness (QED) is 0.779. The van der Waals surface area contributed by atoms with E-state index in [4.69, 9.17) is 11.6 Å². The second-order valence-electron chi connectivity index (χ2n) is 5.06. The number of piperidine rings is 1. The van der Waals surface area contributed by atoms with E-state index in [2.05, 4.69) is 20.9 Å². The van der Waals surface area contributed by atoms with E-state index >= 15 is 0 Å².